The van der Waals surface area contributed by atoms with Crippen molar-refractivity contribution >= 4 is 34.5 Å². The minimum atomic E-state index is -0.693. The van der Waals surface area contributed by atoms with Crippen LogP contribution in [0, 0.1) is 17.2 Å². The predicted molar refractivity (Wildman–Crippen MR) is 99.3 cm³/mol. The summed E-state index contributed by atoms with van der Waals surface area (Å²) >= 11 is 1.40. The van der Waals surface area contributed by atoms with E-state index in [0.717, 1.165) is 22.4 Å². The molecule has 0 aliphatic heterocycles. The number of thiophene rings is 1. The van der Waals surface area contributed by atoms with Gasteiger partial charge in [-0.3, -0.25) is 4.79 Å². The molecule has 0 spiro atoms. The van der Waals surface area contributed by atoms with Crippen molar-refractivity contribution in [3.05, 3.63) is 46.2 Å². The zero-order valence-corrected chi connectivity index (χ0v) is 15.5. The van der Waals surface area contributed by atoms with E-state index in [0.29, 0.717) is 23.4 Å². The lowest BCUT2D eigenvalue weighted by atomic mass is 9.88. The molecule has 0 bridgehead atoms. The first-order valence-corrected chi connectivity index (χ1v) is 9.19. The number of carbonyl (C=O) groups excluding carboxylic acids is 2. The maximum absolute atomic E-state index is 12.2. The van der Waals surface area contributed by atoms with Gasteiger partial charge in [0.15, 0.2) is 0 Å². The molecule has 0 radical (unpaired) electrons. The maximum atomic E-state index is 12.2. The Morgan fingerprint density at radius 1 is 1.52 bits per heavy atom. The van der Waals surface area contributed by atoms with E-state index in [2.05, 4.69) is 16.1 Å². The Kier molecular flexibility index (Phi) is 5.94. The predicted octanol–water partition coefficient (Wildman–Crippen LogP) is 3.75. The molecule has 3 rings (SSSR count). The van der Waals surface area contributed by atoms with Crippen LogP contribution in [0.2, 0.25) is 0 Å². The third kappa shape index (κ3) is 4.57. The number of nitrogens with one attached hydrogen (secondary N) is 1. The first-order chi connectivity index (χ1) is 13.1. The molecule has 0 saturated heterocycles. The fraction of sp³-hybridized carbons (Fsp3) is 0.316. The summed E-state index contributed by atoms with van der Waals surface area (Å²) in [6.45, 7) is 0.279. The van der Waals surface area contributed by atoms with Gasteiger partial charge in [0, 0.05) is 16.5 Å². The third-order valence-electron chi connectivity index (χ3n) is 4.29. The number of rotatable bonds is 5. The summed E-state index contributed by atoms with van der Waals surface area (Å²) in [4.78, 5) is 24.3. The Hall–Kier alpha value is -3.05. The van der Waals surface area contributed by atoms with Crippen LogP contribution in [0.3, 0.4) is 0 Å². The van der Waals surface area contributed by atoms with Gasteiger partial charge in [0.1, 0.15) is 11.1 Å². The second-order valence-corrected chi connectivity index (χ2v) is 7.18. The summed E-state index contributed by atoms with van der Waals surface area (Å²) in [6, 6.07) is 3.95. The molecule has 1 aliphatic rings. The van der Waals surface area contributed by atoms with E-state index in [1.165, 1.54) is 37.0 Å². The summed E-state index contributed by atoms with van der Waals surface area (Å²) in [7, 11) is 1.27. The highest BCUT2D eigenvalue weighted by atomic mass is 32.1. The molecule has 1 atom stereocenters. The fourth-order valence-corrected chi connectivity index (χ4v) is 4.26. The van der Waals surface area contributed by atoms with Gasteiger partial charge in [0.05, 0.1) is 31.8 Å². The lowest BCUT2D eigenvalue weighted by Crippen LogP contribution is -2.20. The molecular weight excluding hydrogens is 368 g/mol. The first kappa shape index (κ1) is 18.7. The second-order valence-electron chi connectivity index (χ2n) is 6.07. The molecule has 1 N–H and O–H groups in total. The molecule has 8 heteroatoms. The molecule has 1 amide bonds. The number of fused-ring (bicyclic) bond motifs is 1. The van der Waals surface area contributed by atoms with E-state index in [1.807, 2.05) is 0 Å². The van der Waals surface area contributed by atoms with Crippen LogP contribution >= 0.6 is 11.3 Å². The number of methoxy groups -OCH3 is 1. The molecule has 2 heterocycles. The number of nitrogens with zero attached hydrogens (tertiary/aromatic N) is 1. The third-order valence-corrected chi connectivity index (χ3v) is 5.46. The van der Waals surface area contributed by atoms with Crippen molar-refractivity contribution in [3.8, 4) is 6.07 Å². The van der Waals surface area contributed by atoms with Gasteiger partial charge >= 0.3 is 6.16 Å². The summed E-state index contributed by atoms with van der Waals surface area (Å²) in [6.07, 6.45) is 7.63. The van der Waals surface area contributed by atoms with Crippen LogP contribution in [0.5, 0.6) is 0 Å². The Balaban J connectivity index is 1.68. The summed E-state index contributed by atoms with van der Waals surface area (Å²) in [5.74, 6) is -0.136. The smallest absolute Gasteiger partial charge is 0.472 e. The van der Waals surface area contributed by atoms with Gasteiger partial charge in [-0.05, 0) is 42.9 Å². The van der Waals surface area contributed by atoms with E-state index in [9.17, 15) is 14.9 Å². The van der Waals surface area contributed by atoms with E-state index in [1.54, 1.807) is 12.1 Å². The number of furan rings is 1. The molecular formula is C19H18N2O5S. The molecule has 7 nitrogen and oxygen atoms in total. The van der Waals surface area contributed by atoms with Crippen molar-refractivity contribution < 1.29 is 23.5 Å². The van der Waals surface area contributed by atoms with Gasteiger partial charge in [-0.15, -0.1) is 11.3 Å². The Labute approximate surface area is 160 Å². The number of anilines is 1. The van der Waals surface area contributed by atoms with Crippen LogP contribution < -0.4 is 5.32 Å². The number of carbonyl (C=O) groups is 2. The zero-order valence-electron chi connectivity index (χ0n) is 14.7. The highest BCUT2D eigenvalue weighted by molar-refractivity contribution is 7.16. The zero-order chi connectivity index (χ0) is 19.2. The fourth-order valence-electron chi connectivity index (χ4n) is 2.94. The van der Waals surface area contributed by atoms with Gasteiger partial charge < -0.3 is 19.2 Å². The molecule has 2 aromatic heterocycles. The molecule has 1 aliphatic carbocycles. The largest absolute Gasteiger partial charge is 0.507 e. The molecule has 0 aromatic carbocycles. The average molecular weight is 386 g/mol. The van der Waals surface area contributed by atoms with Crippen LogP contribution in [0.15, 0.2) is 29.1 Å². The first-order valence-electron chi connectivity index (χ1n) is 8.37. The molecule has 0 fully saturated rings. The van der Waals surface area contributed by atoms with E-state index in [4.69, 9.17) is 9.15 Å². The van der Waals surface area contributed by atoms with Crippen LogP contribution in [-0.4, -0.2) is 25.8 Å². The number of hydrogen-bond donors (Lipinski definition) is 1. The Morgan fingerprint density at radius 3 is 3.07 bits per heavy atom. The van der Waals surface area contributed by atoms with Crippen molar-refractivity contribution in [2.24, 2.45) is 5.92 Å². The van der Waals surface area contributed by atoms with Crippen LogP contribution in [0.25, 0.3) is 6.08 Å². The van der Waals surface area contributed by atoms with Crippen LogP contribution in [0.1, 0.15) is 28.0 Å². The minimum absolute atomic E-state index is 0.173. The Bertz CT molecular complexity index is 892. The van der Waals surface area contributed by atoms with Crippen LogP contribution in [0.4, 0.5) is 9.80 Å². The summed E-state index contributed by atoms with van der Waals surface area (Å²) < 4.78 is 14.5. The van der Waals surface area contributed by atoms with Crippen molar-refractivity contribution in [1.29, 1.82) is 5.26 Å². The minimum Gasteiger partial charge on any atom is -0.472 e. The number of hydrogen-bond acceptors (Lipinski definition) is 7. The lowest BCUT2D eigenvalue weighted by Gasteiger charge is -2.21. The SMILES string of the molecule is COC(=O)OCC1CCc2c(sc(NC(=O)/C=C/c3ccoc3)c2C#N)C1. The topological polar surface area (TPSA) is 102 Å². The Morgan fingerprint density at radius 2 is 2.37 bits per heavy atom. The number of amides is 1. The van der Waals surface area contributed by atoms with Gasteiger partial charge in [-0.1, -0.05) is 0 Å². The molecule has 2 aromatic rings. The molecule has 1 unspecified atom stereocenters. The normalized spacial score (nSPS) is 15.8. The van der Waals surface area contributed by atoms with E-state index < -0.39 is 6.16 Å². The summed E-state index contributed by atoms with van der Waals surface area (Å²) in [5, 5.41) is 12.9. The highest BCUT2D eigenvalue weighted by Crippen LogP contribution is 2.39. The molecule has 0 saturated carbocycles. The van der Waals surface area contributed by atoms with Crippen molar-refractivity contribution in [2.75, 3.05) is 19.0 Å². The maximum Gasteiger partial charge on any atom is 0.507 e. The van der Waals surface area contributed by atoms with Crippen molar-refractivity contribution in [3.63, 3.8) is 0 Å². The monoisotopic (exact) mass is 386 g/mol. The van der Waals surface area contributed by atoms with Gasteiger partial charge in [-0.25, -0.2) is 4.79 Å². The summed E-state index contributed by atoms with van der Waals surface area (Å²) in [5.41, 5.74) is 2.28. The van der Waals surface area contributed by atoms with Crippen molar-refractivity contribution in [2.45, 2.75) is 19.3 Å². The van der Waals surface area contributed by atoms with Gasteiger partial charge in [-0.2, -0.15) is 5.26 Å². The second kappa shape index (κ2) is 8.56. The lowest BCUT2D eigenvalue weighted by molar-refractivity contribution is -0.111. The highest BCUT2D eigenvalue weighted by Gasteiger charge is 2.27. The number of ether oxygens (including phenoxy) is 2. The quantitative estimate of drug-likeness (QED) is 0.620. The van der Waals surface area contributed by atoms with Gasteiger partial charge in [0.2, 0.25) is 5.91 Å². The molecule has 27 heavy (non-hydrogen) atoms. The van der Waals surface area contributed by atoms with Gasteiger partial charge in [0.25, 0.3) is 0 Å². The van der Waals surface area contributed by atoms with E-state index in [-0.39, 0.29) is 18.4 Å². The van der Waals surface area contributed by atoms with Crippen molar-refractivity contribution in [1.82, 2.24) is 0 Å². The standard InChI is InChI=1S/C19H18N2O5S/c1-24-19(23)26-11-13-2-4-14-15(9-20)18(27-16(14)8-13)21-17(22)5-3-12-6-7-25-10-12/h3,5-7,10,13H,2,4,8,11H2,1H3,(H,21,22)/b5-3+. The molecule has 140 valence electrons. The van der Waals surface area contributed by atoms with E-state index >= 15 is 0 Å². The average Bonchev–Trinajstić information content (AvgIpc) is 3.31. The van der Waals surface area contributed by atoms with Crippen LogP contribution in [-0.2, 0) is 27.1 Å². The number of nitriles is 1.